The first-order chi connectivity index (χ1) is 13.6. The van der Waals surface area contributed by atoms with Crippen molar-refractivity contribution in [3.8, 4) is 11.3 Å². The Morgan fingerprint density at radius 2 is 2.21 bits per heavy atom. The Balaban J connectivity index is 1.67. The zero-order valence-electron chi connectivity index (χ0n) is 15.3. The van der Waals surface area contributed by atoms with E-state index in [4.69, 9.17) is 10.8 Å². The van der Waals surface area contributed by atoms with Gasteiger partial charge in [-0.15, -0.1) is 0 Å². The molecule has 1 saturated carbocycles. The number of halogens is 1. The fourth-order valence-electron chi connectivity index (χ4n) is 4.50. The number of nitrogens with one attached hydrogen (secondary N) is 2. The maximum atomic E-state index is 14.9. The lowest BCUT2D eigenvalue weighted by molar-refractivity contribution is 0.0962. The molecule has 1 saturated heterocycles. The lowest BCUT2D eigenvalue weighted by atomic mass is 10.1. The van der Waals surface area contributed by atoms with Crippen LogP contribution >= 0.6 is 0 Å². The van der Waals surface area contributed by atoms with Crippen LogP contribution in [0.15, 0.2) is 24.5 Å². The standard InChI is InChI=1S/C19H20FN7O/c1-22-19(28)10-2-3-11(12(20)6-10)16-15-17(21)24-8-25-18(15)27(26-16)14-5-9-4-13(14)23-7-9/h2-3,6,8-9,13-14,23H,4-5,7H2,1H3,(H,22,28)(H2,21,24,25)/t9-,13?,14?/m1/s1. The molecule has 9 heteroatoms. The molecule has 1 aromatic carbocycles. The Hall–Kier alpha value is -3.07. The summed E-state index contributed by atoms with van der Waals surface area (Å²) in [4.78, 5) is 20.3. The highest BCUT2D eigenvalue weighted by Gasteiger charge is 2.42. The van der Waals surface area contributed by atoms with Gasteiger partial charge in [-0.05, 0) is 43.5 Å². The van der Waals surface area contributed by atoms with Crippen LogP contribution in [0.4, 0.5) is 10.2 Å². The average Bonchev–Trinajstić information content (AvgIpc) is 3.41. The summed E-state index contributed by atoms with van der Waals surface area (Å²) in [7, 11) is 1.50. The van der Waals surface area contributed by atoms with Crippen molar-refractivity contribution in [3.05, 3.63) is 35.9 Å². The summed E-state index contributed by atoms with van der Waals surface area (Å²) in [6.45, 7) is 1.03. The van der Waals surface area contributed by atoms with Crippen molar-refractivity contribution in [2.75, 3.05) is 19.3 Å². The number of carbonyl (C=O) groups is 1. The molecule has 4 N–H and O–H groups in total. The monoisotopic (exact) mass is 381 g/mol. The third-order valence-electron chi connectivity index (χ3n) is 5.84. The summed E-state index contributed by atoms with van der Waals surface area (Å²) < 4.78 is 16.8. The van der Waals surface area contributed by atoms with Crippen molar-refractivity contribution >= 4 is 22.8 Å². The molecule has 3 heterocycles. The van der Waals surface area contributed by atoms with Gasteiger partial charge in [0.25, 0.3) is 5.91 Å². The van der Waals surface area contributed by atoms with Gasteiger partial charge in [-0.25, -0.2) is 19.0 Å². The average molecular weight is 381 g/mol. The summed E-state index contributed by atoms with van der Waals surface area (Å²) in [5, 5.41) is 11.3. The van der Waals surface area contributed by atoms with E-state index in [2.05, 4.69) is 20.6 Å². The van der Waals surface area contributed by atoms with Gasteiger partial charge in [-0.1, -0.05) is 0 Å². The molecule has 0 spiro atoms. The fraction of sp³-hybridized carbons (Fsp3) is 0.368. The second-order valence-electron chi connectivity index (χ2n) is 7.44. The number of nitrogen functional groups attached to an aromatic ring is 1. The van der Waals surface area contributed by atoms with Gasteiger partial charge in [0.2, 0.25) is 0 Å². The Bertz CT molecular complexity index is 1100. The predicted molar refractivity (Wildman–Crippen MR) is 102 cm³/mol. The second-order valence-corrected chi connectivity index (χ2v) is 7.44. The molecular formula is C19H20FN7O. The molecule has 1 amide bonds. The molecule has 1 aliphatic carbocycles. The highest BCUT2D eigenvalue weighted by atomic mass is 19.1. The molecule has 5 rings (SSSR count). The first kappa shape index (κ1) is 17.1. The number of hydrogen-bond donors (Lipinski definition) is 3. The van der Waals surface area contributed by atoms with Crippen molar-refractivity contribution in [1.82, 2.24) is 30.4 Å². The summed E-state index contributed by atoms with van der Waals surface area (Å²) in [5.41, 5.74) is 7.65. The van der Waals surface area contributed by atoms with Crippen molar-refractivity contribution < 1.29 is 9.18 Å². The van der Waals surface area contributed by atoms with Crippen LogP contribution in [0.25, 0.3) is 22.3 Å². The number of anilines is 1. The minimum Gasteiger partial charge on any atom is -0.383 e. The van der Waals surface area contributed by atoms with Crippen LogP contribution in [0.3, 0.4) is 0 Å². The Labute approximate surface area is 160 Å². The topological polar surface area (TPSA) is 111 Å². The largest absolute Gasteiger partial charge is 0.383 e. The SMILES string of the molecule is CNC(=O)c1ccc(-c2nn(C3C[C@@H]4CNC3C4)c3ncnc(N)c23)c(F)c1. The van der Waals surface area contributed by atoms with Gasteiger partial charge in [-0.3, -0.25) is 4.79 Å². The zero-order chi connectivity index (χ0) is 19.4. The molecule has 3 atom stereocenters. The normalized spacial score (nSPS) is 23.4. The summed E-state index contributed by atoms with van der Waals surface area (Å²) >= 11 is 0. The maximum Gasteiger partial charge on any atom is 0.251 e. The number of rotatable bonds is 3. The minimum absolute atomic E-state index is 0.150. The first-order valence-electron chi connectivity index (χ1n) is 9.31. The van der Waals surface area contributed by atoms with Crippen LogP contribution in [0, 0.1) is 11.7 Å². The number of nitrogens with two attached hydrogens (primary N) is 1. The van der Waals surface area contributed by atoms with E-state index in [1.807, 2.05) is 4.68 Å². The highest BCUT2D eigenvalue weighted by Crippen LogP contribution is 2.42. The number of nitrogens with zero attached hydrogens (tertiary/aromatic N) is 4. The second kappa shape index (κ2) is 6.23. The number of piperidine rings is 1. The molecule has 2 fully saturated rings. The molecule has 8 nitrogen and oxygen atoms in total. The molecule has 144 valence electrons. The number of aromatic nitrogens is 4. The predicted octanol–water partition coefficient (Wildman–Crippen LogP) is 1.50. The summed E-state index contributed by atoms with van der Waals surface area (Å²) in [5.74, 6) is -0.00341. The van der Waals surface area contributed by atoms with Gasteiger partial charge >= 0.3 is 0 Å². The smallest absolute Gasteiger partial charge is 0.251 e. The quantitative estimate of drug-likeness (QED) is 0.634. The molecule has 28 heavy (non-hydrogen) atoms. The van der Waals surface area contributed by atoms with Gasteiger partial charge < -0.3 is 16.4 Å². The van der Waals surface area contributed by atoms with Crippen LogP contribution in [-0.2, 0) is 0 Å². The van der Waals surface area contributed by atoms with Crippen molar-refractivity contribution in [1.29, 1.82) is 0 Å². The third-order valence-corrected chi connectivity index (χ3v) is 5.84. The van der Waals surface area contributed by atoms with Crippen molar-refractivity contribution in [2.45, 2.75) is 24.9 Å². The van der Waals surface area contributed by atoms with Crippen LogP contribution in [-0.4, -0.2) is 45.3 Å². The molecule has 0 radical (unpaired) electrons. The zero-order valence-corrected chi connectivity index (χ0v) is 15.3. The van der Waals surface area contributed by atoms with Gasteiger partial charge in [-0.2, -0.15) is 5.10 Å². The van der Waals surface area contributed by atoms with E-state index in [0.29, 0.717) is 28.7 Å². The van der Waals surface area contributed by atoms with Crippen LogP contribution in [0.2, 0.25) is 0 Å². The van der Waals surface area contributed by atoms with E-state index in [1.165, 1.54) is 19.4 Å². The van der Waals surface area contributed by atoms with Crippen molar-refractivity contribution in [3.63, 3.8) is 0 Å². The molecule has 2 bridgehead atoms. The maximum absolute atomic E-state index is 14.9. The molecule has 3 aromatic rings. The molecular weight excluding hydrogens is 361 g/mol. The van der Waals surface area contributed by atoms with Crippen molar-refractivity contribution in [2.24, 2.45) is 5.92 Å². The van der Waals surface area contributed by atoms with Crippen LogP contribution < -0.4 is 16.4 Å². The van der Waals surface area contributed by atoms with Crippen LogP contribution in [0.1, 0.15) is 29.2 Å². The molecule has 1 aliphatic heterocycles. The summed E-state index contributed by atoms with van der Waals surface area (Å²) in [6.07, 6.45) is 3.53. The van der Waals surface area contributed by atoms with Gasteiger partial charge in [0.15, 0.2) is 5.65 Å². The first-order valence-corrected chi connectivity index (χ1v) is 9.31. The van der Waals surface area contributed by atoms with E-state index in [0.717, 1.165) is 19.4 Å². The van der Waals surface area contributed by atoms with E-state index >= 15 is 0 Å². The minimum atomic E-state index is -0.540. The molecule has 2 aliphatic rings. The Kier molecular flexibility index (Phi) is 3.80. The van der Waals surface area contributed by atoms with Crippen LogP contribution in [0.5, 0.6) is 0 Å². The van der Waals surface area contributed by atoms with E-state index in [-0.39, 0.29) is 28.9 Å². The van der Waals surface area contributed by atoms with Gasteiger partial charge in [0.05, 0.1) is 11.4 Å². The number of fused-ring (bicyclic) bond motifs is 3. The number of benzene rings is 1. The Morgan fingerprint density at radius 1 is 1.36 bits per heavy atom. The van der Waals surface area contributed by atoms with E-state index in [1.54, 1.807) is 12.1 Å². The van der Waals surface area contributed by atoms with E-state index < -0.39 is 5.82 Å². The Morgan fingerprint density at radius 3 is 2.89 bits per heavy atom. The van der Waals surface area contributed by atoms with E-state index in [9.17, 15) is 9.18 Å². The lowest BCUT2D eigenvalue weighted by Gasteiger charge is -2.23. The third kappa shape index (κ3) is 2.46. The van der Waals surface area contributed by atoms with Gasteiger partial charge in [0, 0.05) is 24.2 Å². The summed E-state index contributed by atoms with van der Waals surface area (Å²) in [6, 6.07) is 4.81. The highest BCUT2D eigenvalue weighted by molar-refractivity contribution is 5.99. The van der Waals surface area contributed by atoms with Gasteiger partial charge in [0.1, 0.15) is 23.7 Å². The number of carbonyl (C=O) groups excluding carboxylic acids is 1. The number of amides is 1. The number of hydrogen-bond acceptors (Lipinski definition) is 6. The molecule has 2 aromatic heterocycles. The lowest BCUT2D eigenvalue weighted by Crippen LogP contribution is -2.35. The molecule has 2 unspecified atom stereocenters. The fourth-order valence-corrected chi connectivity index (χ4v) is 4.50.